The van der Waals surface area contributed by atoms with E-state index in [0.717, 1.165) is 17.7 Å². The van der Waals surface area contributed by atoms with E-state index in [9.17, 15) is 14.4 Å². The van der Waals surface area contributed by atoms with E-state index in [0.29, 0.717) is 12.2 Å². The third-order valence-electron chi connectivity index (χ3n) is 3.44. The molecule has 3 amide bonds. The van der Waals surface area contributed by atoms with E-state index in [2.05, 4.69) is 5.32 Å². The van der Waals surface area contributed by atoms with Gasteiger partial charge in [-0.3, -0.25) is 4.79 Å². The maximum absolute atomic E-state index is 11.5. The molecular formula is C11H16N2O5S. The Labute approximate surface area is 114 Å². The van der Waals surface area contributed by atoms with Gasteiger partial charge in [-0.15, -0.1) is 0 Å². The van der Waals surface area contributed by atoms with Crippen LogP contribution in [-0.4, -0.2) is 56.3 Å². The highest BCUT2D eigenvalue weighted by Crippen LogP contribution is 2.37. The summed E-state index contributed by atoms with van der Waals surface area (Å²) >= 11 is 1.65. The second-order valence-corrected chi connectivity index (χ2v) is 5.98. The molecule has 7 nitrogen and oxygen atoms in total. The van der Waals surface area contributed by atoms with Crippen molar-refractivity contribution in [3.8, 4) is 0 Å². The Balaban J connectivity index is 1.90. The number of thioether (sulfide) groups is 1. The Morgan fingerprint density at radius 1 is 1.37 bits per heavy atom. The highest BCUT2D eigenvalue weighted by Gasteiger charge is 2.50. The molecule has 0 spiro atoms. The van der Waals surface area contributed by atoms with Gasteiger partial charge in [0.25, 0.3) is 0 Å². The molecule has 3 atom stereocenters. The highest BCUT2D eigenvalue weighted by molar-refractivity contribution is 8.00. The Bertz CT molecular complexity index is 403. The van der Waals surface area contributed by atoms with Crippen LogP contribution in [0.25, 0.3) is 0 Å². The van der Waals surface area contributed by atoms with Gasteiger partial charge in [-0.1, -0.05) is 6.42 Å². The molecule has 0 radical (unpaired) electrons. The van der Waals surface area contributed by atoms with Crippen LogP contribution < -0.4 is 5.32 Å². The summed E-state index contributed by atoms with van der Waals surface area (Å²) < 4.78 is 0. The van der Waals surface area contributed by atoms with Crippen molar-refractivity contribution in [1.29, 1.82) is 0 Å². The number of carbonyl (C=O) groups excluding carboxylic acids is 1. The first-order valence-corrected chi connectivity index (χ1v) is 7.21. The van der Waals surface area contributed by atoms with Crippen LogP contribution >= 0.6 is 11.8 Å². The molecule has 2 aliphatic rings. The van der Waals surface area contributed by atoms with Crippen molar-refractivity contribution in [1.82, 2.24) is 10.2 Å². The number of aliphatic carboxylic acids is 1. The predicted molar refractivity (Wildman–Crippen MR) is 68.3 cm³/mol. The SMILES string of the molecule is O=C(O)CCCC[C@@H]1SC[C@@H]2NC(=O)N(C(=O)O)[C@@H]21. The minimum Gasteiger partial charge on any atom is -0.481 e. The van der Waals surface area contributed by atoms with Gasteiger partial charge in [-0.25, -0.2) is 14.5 Å². The molecule has 0 aromatic heterocycles. The van der Waals surface area contributed by atoms with Crippen LogP contribution in [0.15, 0.2) is 0 Å². The summed E-state index contributed by atoms with van der Waals surface area (Å²) in [7, 11) is 0. The number of carboxylic acid groups (broad SMARTS) is 2. The first-order valence-electron chi connectivity index (χ1n) is 6.16. The van der Waals surface area contributed by atoms with Crippen molar-refractivity contribution in [3.63, 3.8) is 0 Å². The Morgan fingerprint density at radius 3 is 2.74 bits per heavy atom. The first-order chi connectivity index (χ1) is 9.00. The number of carbonyl (C=O) groups is 3. The molecule has 0 aromatic rings. The van der Waals surface area contributed by atoms with Crippen molar-refractivity contribution < 1.29 is 24.6 Å². The standard InChI is InChI=1S/C11H16N2O5S/c14-8(15)4-2-1-3-7-9-6(5-19-7)12-10(16)13(9)11(17)18/h6-7,9H,1-5H2,(H,12,16)(H,14,15)(H,17,18)/t6-,7-,9-/m0/s1. The van der Waals surface area contributed by atoms with Gasteiger partial charge in [0.1, 0.15) is 0 Å². The lowest BCUT2D eigenvalue weighted by Gasteiger charge is -2.23. The normalized spacial score (nSPS) is 29.2. The molecule has 0 unspecified atom stereocenters. The van der Waals surface area contributed by atoms with Crippen molar-refractivity contribution >= 4 is 29.9 Å². The molecule has 2 saturated heterocycles. The smallest absolute Gasteiger partial charge is 0.415 e. The fourth-order valence-electron chi connectivity index (χ4n) is 2.61. The zero-order valence-corrected chi connectivity index (χ0v) is 11.1. The average molecular weight is 288 g/mol. The van der Waals surface area contributed by atoms with E-state index in [-0.39, 0.29) is 23.8 Å². The number of nitrogens with one attached hydrogen (secondary N) is 1. The van der Waals surface area contributed by atoms with E-state index in [1.165, 1.54) is 0 Å². The van der Waals surface area contributed by atoms with Crippen molar-refractivity contribution in [2.24, 2.45) is 0 Å². The van der Waals surface area contributed by atoms with Gasteiger partial charge in [-0.2, -0.15) is 11.8 Å². The van der Waals surface area contributed by atoms with E-state index in [1.54, 1.807) is 11.8 Å². The Morgan fingerprint density at radius 2 is 2.11 bits per heavy atom. The maximum Gasteiger partial charge on any atom is 0.415 e. The summed E-state index contributed by atoms with van der Waals surface area (Å²) in [6.07, 6.45) is 0.957. The highest BCUT2D eigenvalue weighted by atomic mass is 32.2. The topological polar surface area (TPSA) is 107 Å². The van der Waals surface area contributed by atoms with E-state index >= 15 is 0 Å². The lowest BCUT2D eigenvalue weighted by atomic mass is 10.0. The number of urea groups is 1. The number of nitrogens with zero attached hydrogens (tertiary/aromatic N) is 1. The van der Waals surface area contributed by atoms with Crippen molar-refractivity contribution in [2.75, 3.05) is 5.75 Å². The van der Waals surface area contributed by atoms with Crippen LogP contribution in [0.4, 0.5) is 9.59 Å². The molecule has 0 bridgehead atoms. The number of fused-ring (bicyclic) bond motifs is 1. The third kappa shape index (κ3) is 2.94. The van der Waals surface area contributed by atoms with Crippen LogP contribution in [0.2, 0.25) is 0 Å². The van der Waals surface area contributed by atoms with Gasteiger partial charge in [0.15, 0.2) is 0 Å². The minimum absolute atomic E-state index is 0.0637. The number of imide groups is 1. The summed E-state index contributed by atoms with van der Waals surface area (Å²) in [6.45, 7) is 0. The molecule has 2 fully saturated rings. The third-order valence-corrected chi connectivity index (χ3v) is 4.94. The van der Waals surface area contributed by atoms with Gasteiger partial charge in [0.05, 0.1) is 12.1 Å². The number of hydrogen-bond acceptors (Lipinski definition) is 4. The number of unbranched alkanes of at least 4 members (excludes halogenated alkanes) is 1. The predicted octanol–water partition coefficient (Wildman–Crippen LogP) is 1.19. The van der Waals surface area contributed by atoms with Crippen molar-refractivity contribution in [2.45, 2.75) is 43.0 Å². The largest absolute Gasteiger partial charge is 0.481 e. The van der Waals surface area contributed by atoms with Crippen LogP contribution in [-0.2, 0) is 4.79 Å². The molecule has 0 aliphatic carbocycles. The second kappa shape index (κ2) is 5.68. The lowest BCUT2D eigenvalue weighted by molar-refractivity contribution is -0.137. The number of amides is 3. The Kier molecular flexibility index (Phi) is 4.18. The van der Waals surface area contributed by atoms with Gasteiger partial charge >= 0.3 is 18.1 Å². The molecule has 3 N–H and O–H groups in total. The van der Waals surface area contributed by atoms with Gasteiger partial charge in [0, 0.05) is 17.4 Å². The fourth-order valence-corrected chi connectivity index (χ4v) is 4.19. The van der Waals surface area contributed by atoms with Crippen LogP contribution in [0.5, 0.6) is 0 Å². The number of rotatable bonds is 5. The molecule has 0 saturated carbocycles. The molecule has 0 aromatic carbocycles. The quantitative estimate of drug-likeness (QED) is 0.518. The zero-order chi connectivity index (χ0) is 14.0. The molecule has 2 aliphatic heterocycles. The maximum atomic E-state index is 11.5. The molecule has 8 heteroatoms. The van der Waals surface area contributed by atoms with Crippen LogP contribution in [0.1, 0.15) is 25.7 Å². The fraction of sp³-hybridized carbons (Fsp3) is 0.727. The zero-order valence-electron chi connectivity index (χ0n) is 10.2. The molecule has 19 heavy (non-hydrogen) atoms. The molecular weight excluding hydrogens is 272 g/mol. The lowest BCUT2D eigenvalue weighted by Crippen LogP contribution is -2.43. The summed E-state index contributed by atoms with van der Waals surface area (Å²) in [5.74, 6) is -0.106. The van der Waals surface area contributed by atoms with E-state index in [4.69, 9.17) is 10.2 Å². The molecule has 106 valence electrons. The Hall–Kier alpha value is -1.44. The van der Waals surface area contributed by atoms with Gasteiger partial charge in [0.2, 0.25) is 0 Å². The second-order valence-electron chi connectivity index (χ2n) is 4.71. The first kappa shape index (κ1) is 14.0. The van der Waals surface area contributed by atoms with Gasteiger partial charge in [-0.05, 0) is 12.8 Å². The van der Waals surface area contributed by atoms with E-state index in [1.807, 2.05) is 0 Å². The monoisotopic (exact) mass is 288 g/mol. The summed E-state index contributed by atoms with van der Waals surface area (Å²) in [4.78, 5) is 33.9. The summed E-state index contributed by atoms with van der Waals surface area (Å²) in [6, 6.07) is -0.976. The average Bonchev–Trinajstić information content (AvgIpc) is 2.82. The summed E-state index contributed by atoms with van der Waals surface area (Å²) in [5.41, 5.74) is 0. The summed E-state index contributed by atoms with van der Waals surface area (Å²) in [5, 5.41) is 20.4. The van der Waals surface area contributed by atoms with E-state index < -0.39 is 18.1 Å². The van der Waals surface area contributed by atoms with Crippen molar-refractivity contribution in [3.05, 3.63) is 0 Å². The number of carboxylic acids is 1. The molecule has 2 rings (SSSR count). The minimum atomic E-state index is -1.22. The van der Waals surface area contributed by atoms with Crippen LogP contribution in [0.3, 0.4) is 0 Å². The molecule has 2 heterocycles. The number of hydrogen-bond donors (Lipinski definition) is 3. The van der Waals surface area contributed by atoms with Crippen LogP contribution in [0, 0.1) is 0 Å². The van der Waals surface area contributed by atoms with Gasteiger partial charge < -0.3 is 15.5 Å².